The third-order valence-corrected chi connectivity index (χ3v) is 5.46. The Morgan fingerprint density at radius 1 is 1.16 bits per heavy atom. The van der Waals surface area contributed by atoms with E-state index in [1.807, 2.05) is 45.0 Å². The molecule has 1 aromatic carbocycles. The lowest BCUT2D eigenvalue weighted by atomic mass is 10.1. The zero-order valence-corrected chi connectivity index (χ0v) is 19.7. The number of aliphatic imine (C=N–C) groups is 1. The van der Waals surface area contributed by atoms with Crippen molar-refractivity contribution in [2.75, 3.05) is 19.6 Å². The lowest BCUT2D eigenvalue weighted by Crippen LogP contribution is -2.38. The van der Waals surface area contributed by atoms with Crippen LogP contribution in [-0.2, 0) is 19.4 Å². The predicted molar refractivity (Wildman–Crippen MR) is 127 cm³/mol. The first kappa shape index (κ1) is 24.0. The molecule has 2 heterocycles. The van der Waals surface area contributed by atoms with E-state index in [9.17, 15) is 5.11 Å². The fraction of sp³-hybridized carbons (Fsp3) is 0.625. The van der Waals surface area contributed by atoms with Gasteiger partial charge in [-0.2, -0.15) is 0 Å². The van der Waals surface area contributed by atoms with Gasteiger partial charge in [0, 0.05) is 32.5 Å². The quantitative estimate of drug-likeness (QED) is 0.297. The van der Waals surface area contributed by atoms with Gasteiger partial charge in [-0.3, -0.25) is 4.99 Å². The average Bonchev–Trinajstić information content (AvgIpc) is 3.00. The van der Waals surface area contributed by atoms with Gasteiger partial charge >= 0.3 is 0 Å². The molecule has 1 atom stereocenters. The average molecular weight is 443 g/mol. The molecule has 0 spiro atoms. The van der Waals surface area contributed by atoms with Crippen molar-refractivity contribution in [1.29, 1.82) is 0 Å². The Morgan fingerprint density at radius 3 is 2.72 bits per heavy atom. The number of aryl methyl sites for hydroxylation is 2. The third kappa shape index (κ3) is 7.22. The van der Waals surface area contributed by atoms with E-state index in [-0.39, 0.29) is 12.6 Å². The Balaban J connectivity index is 1.47. The number of ether oxygens (including phenoxy) is 1. The zero-order chi connectivity index (χ0) is 22.8. The van der Waals surface area contributed by atoms with Crippen LogP contribution in [-0.4, -0.2) is 51.6 Å². The van der Waals surface area contributed by atoms with Gasteiger partial charge in [-0.25, -0.2) is 0 Å². The van der Waals surface area contributed by atoms with E-state index < -0.39 is 6.10 Å². The first-order valence-electron chi connectivity index (χ1n) is 11.9. The van der Waals surface area contributed by atoms with Crippen molar-refractivity contribution in [3.05, 3.63) is 41.5 Å². The highest BCUT2D eigenvalue weighted by Gasteiger charge is 2.14. The fourth-order valence-electron chi connectivity index (χ4n) is 3.85. The number of aliphatic hydroxyl groups excluding tert-OH is 1. The van der Waals surface area contributed by atoms with Crippen molar-refractivity contribution in [3.8, 4) is 5.75 Å². The number of guanidine groups is 1. The molecule has 0 fully saturated rings. The number of hydrogen-bond acceptors (Lipinski definition) is 5. The molecule has 32 heavy (non-hydrogen) atoms. The maximum Gasteiger partial charge on any atom is 0.191 e. The normalized spacial score (nSPS) is 15.2. The molecule has 1 aliphatic rings. The summed E-state index contributed by atoms with van der Waals surface area (Å²) in [5.41, 5.74) is 0.827. The highest BCUT2D eigenvalue weighted by Crippen LogP contribution is 2.19. The van der Waals surface area contributed by atoms with Crippen molar-refractivity contribution in [3.63, 3.8) is 0 Å². The summed E-state index contributed by atoms with van der Waals surface area (Å²) in [7, 11) is 0. The van der Waals surface area contributed by atoms with Crippen LogP contribution in [0.1, 0.15) is 69.8 Å². The zero-order valence-electron chi connectivity index (χ0n) is 19.7. The van der Waals surface area contributed by atoms with Gasteiger partial charge in [0.2, 0.25) is 0 Å². The lowest BCUT2D eigenvalue weighted by Gasteiger charge is -2.14. The molecule has 176 valence electrons. The van der Waals surface area contributed by atoms with E-state index in [1.54, 1.807) is 0 Å². The molecular weight excluding hydrogens is 404 g/mol. The van der Waals surface area contributed by atoms with E-state index >= 15 is 0 Å². The number of benzene rings is 1. The van der Waals surface area contributed by atoms with E-state index in [4.69, 9.17) is 4.74 Å². The molecule has 0 aliphatic carbocycles. The second-order valence-electron chi connectivity index (χ2n) is 8.50. The molecule has 0 amide bonds. The highest BCUT2D eigenvalue weighted by atomic mass is 16.5. The number of nitrogens with one attached hydrogen (secondary N) is 2. The van der Waals surface area contributed by atoms with E-state index in [2.05, 4.69) is 30.4 Å². The molecule has 3 N–H and O–H groups in total. The second kappa shape index (κ2) is 12.4. The number of hydrogen-bond donors (Lipinski definition) is 3. The summed E-state index contributed by atoms with van der Waals surface area (Å²) < 4.78 is 7.96. The van der Waals surface area contributed by atoms with Crippen molar-refractivity contribution in [2.45, 2.75) is 78.0 Å². The van der Waals surface area contributed by atoms with Crippen LogP contribution in [0.5, 0.6) is 5.75 Å². The van der Waals surface area contributed by atoms with Gasteiger partial charge in [0.05, 0.1) is 18.8 Å². The summed E-state index contributed by atoms with van der Waals surface area (Å²) >= 11 is 0. The highest BCUT2D eigenvalue weighted by molar-refractivity contribution is 5.79. The van der Waals surface area contributed by atoms with Crippen LogP contribution in [0, 0.1) is 0 Å². The third-order valence-electron chi connectivity index (χ3n) is 5.46. The Morgan fingerprint density at radius 2 is 1.97 bits per heavy atom. The largest absolute Gasteiger partial charge is 0.491 e. The summed E-state index contributed by atoms with van der Waals surface area (Å²) in [5, 5.41) is 25.9. The molecule has 2 aromatic rings. The summed E-state index contributed by atoms with van der Waals surface area (Å²) in [4.78, 5) is 4.56. The minimum Gasteiger partial charge on any atom is -0.491 e. The second-order valence-corrected chi connectivity index (χ2v) is 8.50. The number of aliphatic hydroxyl groups is 1. The smallest absolute Gasteiger partial charge is 0.191 e. The number of rotatable bonds is 10. The van der Waals surface area contributed by atoms with Crippen molar-refractivity contribution in [2.24, 2.45) is 4.99 Å². The molecule has 0 radical (unpaired) electrons. The van der Waals surface area contributed by atoms with Gasteiger partial charge in [0.15, 0.2) is 5.96 Å². The minimum absolute atomic E-state index is 0.129. The first-order valence-corrected chi connectivity index (χ1v) is 11.9. The van der Waals surface area contributed by atoms with Gasteiger partial charge in [-0.1, -0.05) is 18.6 Å². The summed E-state index contributed by atoms with van der Waals surface area (Å²) in [6, 6.07) is 7.55. The van der Waals surface area contributed by atoms with Crippen LogP contribution in [0.3, 0.4) is 0 Å². The van der Waals surface area contributed by atoms with E-state index in [0.717, 1.165) is 61.9 Å². The number of aromatic nitrogens is 3. The van der Waals surface area contributed by atoms with Gasteiger partial charge in [-0.15, -0.1) is 10.2 Å². The molecule has 0 bridgehead atoms. The molecule has 1 aromatic heterocycles. The van der Waals surface area contributed by atoms with Crippen molar-refractivity contribution in [1.82, 2.24) is 25.4 Å². The Hall–Kier alpha value is -2.61. The molecule has 0 saturated heterocycles. The van der Waals surface area contributed by atoms with Crippen molar-refractivity contribution >= 4 is 5.96 Å². The fourth-order valence-corrected chi connectivity index (χ4v) is 3.85. The lowest BCUT2D eigenvalue weighted by molar-refractivity contribution is 0.186. The van der Waals surface area contributed by atoms with E-state index in [0.29, 0.717) is 5.96 Å². The molecule has 1 unspecified atom stereocenters. The maximum atomic E-state index is 10.5. The topological polar surface area (TPSA) is 96.6 Å². The first-order chi connectivity index (χ1) is 15.6. The Labute approximate surface area is 191 Å². The summed E-state index contributed by atoms with van der Waals surface area (Å²) in [5.74, 6) is 3.74. The Kier molecular flexibility index (Phi) is 9.34. The Bertz CT molecular complexity index is 847. The van der Waals surface area contributed by atoms with E-state index in [1.165, 1.54) is 19.3 Å². The van der Waals surface area contributed by atoms with Gasteiger partial charge in [0.1, 0.15) is 17.4 Å². The van der Waals surface area contributed by atoms with Gasteiger partial charge in [0.25, 0.3) is 0 Å². The molecule has 1 aliphatic heterocycles. The van der Waals surface area contributed by atoms with Gasteiger partial charge in [-0.05, 0) is 57.7 Å². The SMILES string of the molecule is CCNC(=NCC(O)c1ccc(OC(C)C)cc1)NCCCc1nnc2n1CCCCC2. The molecular formula is C24H38N6O2. The van der Waals surface area contributed by atoms with Crippen LogP contribution in [0.4, 0.5) is 0 Å². The number of nitrogens with zero attached hydrogens (tertiary/aromatic N) is 4. The number of fused-ring (bicyclic) bond motifs is 1. The van der Waals surface area contributed by atoms with Crippen LogP contribution in [0.2, 0.25) is 0 Å². The maximum absolute atomic E-state index is 10.5. The predicted octanol–water partition coefficient (Wildman–Crippen LogP) is 3.01. The molecule has 8 heteroatoms. The van der Waals surface area contributed by atoms with Crippen LogP contribution >= 0.6 is 0 Å². The molecule has 3 rings (SSSR count). The van der Waals surface area contributed by atoms with Gasteiger partial charge < -0.3 is 25.0 Å². The van der Waals surface area contributed by atoms with Crippen molar-refractivity contribution < 1.29 is 9.84 Å². The monoisotopic (exact) mass is 442 g/mol. The summed E-state index contributed by atoms with van der Waals surface area (Å²) in [6.07, 6.45) is 6.05. The minimum atomic E-state index is -0.662. The standard InChI is InChI=1S/C24H38N6O2/c1-4-25-24(27-17-21(31)19-11-13-20(14-12-19)32-18(2)3)26-15-8-10-23-29-28-22-9-6-5-7-16-30(22)23/h11-14,18,21,31H,4-10,15-17H2,1-3H3,(H2,25,26,27). The van der Waals surface area contributed by atoms with Crippen LogP contribution < -0.4 is 15.4 Å². The summed E-state index contributed by atoms with van der Waals surface area (Å²) in [6.45, 7) is 8.90. The van der Waals surface area contributed by atoms with Crippen LogP contribution in [0.25, 0.3) is 0 Å². The van der Waals surface area contributed by atoms with Crippen LogP contribution in [0.15, 0.2) is 29.3 Å². The molecule has 0 saturated carbocycles. The molecule has 8 nitrogen and oxygen atoms in total.